The number of aryl methyl sites for hydroxylation is 2. The largest absolute Gasteiger partial charge is 0.436 e. The van der Waals surface area contributed by atoms with E-state index in [9.17, 15) is 23.3 Å². The van der Waals surface area contributed by atoms with Crippen LogP contribution in [0.2, 0.25) is 5.02 Å². The molecule has 1 aromatic carbocycles. The van der Waals surface area contributed by atoms with Gasteiger partial charge >= 0.3 is 6.18 Å². The number of nitro groups is 1. The lowest BCUT2D eigenvalue weighted by atomic mass is 10.2. The lowest BCUT2D eigenvalue weighted by molar-refractivity contribution is -0.385. The molecular formula is C12H9ClF3N3O3. The van der Waals surface area contributed by atoms with Crippen LogP contribution in [-0.2, 0) is 13.2 Å². The second kappa shape index (κ2) is 5.48. The first-order chi connectivity index (χ1) is 10.1. The van der Waals surface area contributed by atoms with Crippen molar-refractivity contribution in [3.05, 3.63) is 44.6 Å². The van der Waals surface area contributed by atoms with Gasteiger partial charge in [-0.2, -0.15) is 13.2 Å². The Labute approximate surface area is 127 Å². The van der Waals surface area contributed by atoms with Gasteiger partial charge in [0.15, 0.2) is 5.69 Å². The molecule has 0 aliphatic carbocycles. The monoisotopic (exact) mass is 335 g/mol. The van der Waals surface area contributed by atoms with Gasteiger partial charge in [-0.05, 0) is 19.1 Å². The van der Waals surface area contributed by atoms with Gasteiger partial charge in [-0.15, -0.1) is 5.10 Å². The highest BCUT2D eigenvalue weighted by molar-refractivity contribution is 6.32. The average Bonchev–Trinajstić information content (AvgIpc) is 2.63. The molecule has 0 spiro atoms. The van der Waals surface area contributed by atoms with Crippen LogP contribution in [0.1, 0.15) is 11.3 Å². The number of hydrogen-bond donors (Lipinski definition) is 0. The first-order valence-electron chi connectivity index (χ1n) is 5.84. The molecule has 1 aromatic heterocycles. The number of nitro benzene ring substituents is 1. The van der Waals surface area contributed by atoms with E-state index in [0.29, 0.717) is 10.2 Å². The van der Waals surface area contributed by atoms with Crippen molar-refractivity contribution in [1.29, 1.82) is 0 Å². The van der Waals surface area contributed by atoms with E-state index in [-0.39, 0.29) is 11.4 Å². The van der Waals surface area contributed by atoms with E-state index >= 15 is 0 Å². The number of aromatic nitrogens is 2. The summed E-state index contributed by atoms with van der Waals surface area (Å²) in [6.45, 7) is 1.48. The molecule has 2 rings (SSSR count). The lowest BCUT2D eigenvalue weighted by Crippen LogP contribution is -2.12. The van der Waals surface area contributed by atoms with Gasteiger partial charge in [-0.25, -0.2) is 0 Å². The van der Waals surface area contributed by atoms with Crippen LogP contribution in [0.3, 0.4) is 0 Å². The van der Waals surface area contributed by atoms with Crippen LogP contribution in [0.4, 0.5) is 18.9 Å². The summed E-state index contributed by atoms with van der Waals surface area (Å²) in [5.74, 6) is -0.332. The summed E-state index contributed by atoms with van der Waals surface area (Å²) in [4.78, 5) is 10.1. The maximum Gasteiger partial charge on any atom is 0.434 e. The Balaban J connectivity index is 2.36. The Morgan fingerprint density at radius 3 is 2.50 bits per heavy atom. The highest BCUT2D eigenvalue weighted by Crippen LogP contribution is 2.40. The number of nitrogens with zero attached hydrogens (tertiary/aromatic N) is 3. The maximum atomic E-state index is 12.8. The molecule has 0 fully saturated rings. The van der Waals surface area contributed by atoms with Gasteiger partial charge < -0.3 is 4.74 Å². The summed E-state index contributed by atoms with van der Waals surface area (Å²) in [5.41, 5.74) is -0.969. The zero-order valence-corrected chi connectivity index (χ0v) is 12.1. The summed E-state index contributed by atoms with van der Waals surface area (Å²) in [6.07, 6.45) is -4.67. The summed E-state index contributed by atoms with van der Waals surface area (Å²) in [6, 6.07) is 3.76. The molecule has 0 N–H and O–H groups in total. The Morgan fingerprint density at radius 2 is 2.05 bits per heavy atom. The minimum atomic E-state index is -4.67. The zero-order chi connectivity index (χ0) is 16.7. The summed E-state index contributed by atoms with van der Waals surface area (Å²) < 4.78 is 44.1. The number of ether oxygens (including phenoxy) is 1. The highest BCUT2D eigenvalue weighted by atomic mass is 35.5. The van der Waals surface area contributed by atoms with Crippen molar-refractivity contribution in [3.8, 4) is 11.6 Å². The molecule has 118 valence electrons. The summed E-state index contributed by atoms with van der Waals surface area (Å²) >= 11 is 5.65. The Morgan fingerprint density at radius 1 is 1.41 bits per heavy atom. The van der Waals surface area contributed by atoms with Gasteiger partial charge in [0, 0.05) is 18.7 Å². The Bertz CT molecular complexity index is 743. The van der Waals surface area contributed by atoms with Crippen LogP contribution in [0.25, 0.3) is 0 Å². The minimum Gasteiger partial charge on any atom is -0.436 e. The first-order valence-corrected chi connectivity index (χ1v) is 6.21. The van der Waals surface area contributed by atoms with Gasteiger partial charge in [0.2, 0.25) is 0 Å². The molecule has 0 atom stereocenters. The van der Waals surface area contributed by atoms with Crippen LogP contribution >= 0.6 is 11.6 Å². The van der Waals surface area contributed by atoms with E-state index in [4.69, 9.17) is 16.3 Å². The third-order valence-electron chi connectivity index (χ3n) is 2.81. The van der Waals surface area contributed by atoms with Gasteiger partial charge in [0.05, 0.1) is 4.92 Å². The number of hydrogen-bond acceptors (Lipinski definition) is 4. The quantitative estimate of drug-likeness (QED) is 0.625. The number of halogens is 4. The molecule has 10 heteroatoms. The van der Waals surface area contributed by atoms with Crippen molar-refractivity contribution < 1.29 is 22.8 Å². The second-order valence-electron chi connectivity index (χ2n) is 4.40. The van der Waals surface area contributed by atoms with Crippen LogP contribution in [-0.4, -0.2) is 14.7 Å². The second-order valence-corrected chi connectivity index (χ2v) is 4.77. The van der Waals surface area contributed by atoms with Gasteiger partial charge in [-0.1, -0.05) is 11.6 Å². The fourth-order valence-electron chi connectivity index (χ4n) is 1.85. The predicted octanol–water partition coefficient (Wildman–Crippen LogP) is 4.10. The maximum absolute atomic E-state index is 12.8. The van der Waals surface area contributed by atoms with Crippen LogP contribution in [0.15, 0.2) is 18.2 Å². The molecule has 2 aromatic rings. The van der Waals surface area contributed by atoms with Crippen molar-refractivity contribution >= 4 is 17.3 Å². The number of alkyl halides is 3. The van der Waals surface area contributed by atoms with Crippen molar-refractivity contribution in [3.63, 3.8) is 0 Å². The smallest absolute Gasteiger partial charge is 0.434 e. The molecular weight excluding hydrogens is 327 g/mol. The van der Waals surface area contributed by atoms with E-state index < -0.39 is 27.7 Å². The molecule has 0 aliphatic rings. The summed E-state index contributed by atoms with van der Waals surface area (Å²) in [7, 11) is 1.09. The van der Waals surface area contributed by atoms with Crippen molar-refractivity contribution in [2.45, 2.75) is 13.1 Å². The van der Waals surface area contributed by atoms with Gasteiger partial charge in [0.25, 0.3) is 11.6 Å². The van der Waals surface area contributed by atoms with Crippen molar-refractivity contribution in [2.75, 3.05) is 0 Å². The number of benzene rings is 1. The van der Waals surface area contributed by atoms with Crippen molar-refractivity contribution in [1.82, 2.24) is 9.78 Å². The van der Waals surface area contributed by atoms with E-state index in [1.807, 2.05) is 0 Å². The van der Waals surface area contributed by atoms with E-state index in [1.54, 1.807) is 0 Å². The molecule has 0 saturated carbocycles. The Hall–Kier alpha value is -2.29. The first kappa shape index (κ1) is 16.1. The van der Waals surface area contributed by atoms with E-state index in [0.717, 1.165) is 7.05 Å². The van der Waals surface area contributed by atoms with Gasteiger partial charge in [0.1, 0.15) is 10.8 Å². The fourth-order valence-corrected chi connectivity index (χ4v) is 2.16. The van der Waals surface area contributed by atoms with Crippen LogP contribution in [0, 0.1) is 17.0 Å². The molecule has 0 bridgehead atoms. The van der Waals surface area contributed by atoms with E-state index in [1.165, 1.54) is 25.1 Å². The standard InChI is InChI=1S/C12H9ClF3N3O3/c1-6-5-7(3-4-8(6)19(20)21)22-11-9(13)10(12(14,15)16)18(2)17-11/h3-5H,1-2H3. The molecule has 0 unspecified atom stereocenters. The molecule has 1 heterocycles. The molecule has 0 amide bonds. The molecule has 0 aliphatic heterocycles. The molecule has 0 radical (unpaired) electrons. The van der Waals surface area contributed by atoms with Crippen LogP contribution in [0.5, 0.6) is 11.6 Å². The van der Waals surface area contributed by atoms with Gasteiger partial charge in [-0.3, -0.25) is 14.8 Å². The van der Waals surface area contributed by atoms with E-state index in [2.05, 4.69) is 5.10 Å². The number of rotatable bonds is 3. The predicted molar refractivity (Wildman–Crippen MR) is 71.1 cm³/mol. The van der Waals surface area contributed by atoms with Crippen molar-refractivity contribution in [2.24, 2.45) is 7.05 Å². The van der Waals surface area contributed by atoms with Crippen LogP contribution < -0.4 is 4.74 Å². The third-order valence-corrected chi connectivity index (χ3v) is 3.15. The fraction of sp³-hybridized carbons (Fsp3) is 0.250. The summed E-state index contributed by atoms with van der Waals surface area (Å²) in [5, 5.41) is 13.6. The highest BCUT2D eigenvalue weighted by Gasteiger charge is 2.39. The normalized spacial score (nSPS) is 11.5. The molecule has 0 saturated heterocycles. The average molecular weight is 336 g/mol. The molecule has 22 heavy (non-hydrogen) atoms. The SMILES string of the molecule is Cc1cc(Oc2nn(C)c(C(F)(F)F)c2Cl)ccc1[N+](=O)[O-]. The molecule has 6 nitrogen and oxygen atoms in total. The minimum absolute atomic E-state index is 0.0943. The zero-order valence-electron chi connectivity index (χ0n) is 11.3. The topological polar surface area (TPSA) is 70.2 Å². The third kappa shape index (κ3) is 2.98. The Kier molecular flexibility index (Phi) is 4.01. The lowest BCUT2D eigenvalue weighted by Gasteiger charge is -2.06.